The number of nitrogens with zero attached hydrogens (tertiary/aromatic N) is 4. The molecule has 410 valence electrons. The summed E-state index contributed by atoms with van der Waals surface area (Å²) in [5.74, 6) is 0. The van der Waals surface area contributed by atoms with Gasteiger partial charge in [-0.1, -0.05) is 224 Å². The van der Waals surface area contributed by atoms with Crippen molar-refractivity contribution in [2.24, 2.45) is 0 Å². The summed E-state index contributed by atoms with van der Waals surface area (Å²) >= 11 is 2.44. The van der Waals surface area contributed by atoms with Crippen LogP contribution < -0.4 is 5.46 Å². The van der Waals surface area contributed by atoms with Gasteiger partial charge in [-0.05, 0) is 167 Å². The number of rotatable bonds is 8. The van der Waals surface area contributed by atoms with Gasteiger partial charge < -0.3 is 19.2 Å². The molecule has 4 heterocycles. The van der Waals surface area contributed by atoms with Gasteiger partial charge in [-0.2, -0.15) is 0 Å². The number of halogens is 1. The van der Waals surface area contributed by atoms with Crippen molar-refractivity contribution >= 4 is 100 Å². The SMILES string of the molecule is Ic1cccc2cccc(-c3ccc(-n4c5ccccc5c5ccccc54)cc3)c12.OB(O)c1ccc(-c2cccnc2)cc1.[2HH].c1cncc(-c2ccc(-c3cccc4cccc(-c5ccc(-n6c7ccccc7c7ccccc76)cc5)c34)cc2)c1. The van der Waals surface area contributed by atoms with E-state index in [0.717, 1.165) is 22.4 Å². The first-order valence-electron chi connectivity index (χ1n) is 28.7. The van der Waals surface area contributed by atoms with Gasteiger partial charge in [0.1, 0.15) is 0 Å². The summed E-state index contributed by atoms with van der Waals surface area (Å²) in [6.07, 6.45) is 7.21. The van der Waals surface area contributed by atoms with Gasteiger partial charge in [0, 0.05) is 68.1 Å². The van der Waals surface area contributed by atoms with Crippen molar-refractivity contribution in [2.45, 2.75) is 0 Å². The molecule has 0 amide bonds. The van der Waals surface area contributed by atoms with Crippen LogP contribution in [0.15, 0.2) is 316 Å². The Labute approximate surface area is 514 Å². The lowest BCUT2D eigenvalue weighted by Crippen LogP contribution is -2.29. The Hall–Kier alpha value is -10.2. The minimum atomic E-state index is -1.41. The first-order chi connectivity index (χ1) is 42.4. The zero-order valence-corrected chi connectivity index (χ0v) is 48.8. The monoisotopic (exact) mass is 1220 g/mol. The largest absolute Gasteiger partial charge is 0.488 e. The smallest absolute Gasteiger partial charge is 0.423 e. The third-order valence-corrected chi connectivity index (χ3v) is 17.1. The maximum atomic E-state index is 8.93. The molecule has 16 aromatic rings. The average Bonchev–Trinajstić information content (AvgIpc) is 1.91. The van der Waals surface area contributed by atoms with Crippen molar-refractivity contribution in [1.82, 2.24) is 19.1 Å². The molecule has 0 bridgehead atoms. The van der Waals surface area contributed by atoms with E-state index in [1.54, 1.807) is 24.5 Å². The molecular formula is C78H56BIN4O2. The van der Waals surface area contributed by atoms with E-state index in [1.807, 2.05) is 42.7 Å². The molecule has 0 aliphatic heterocycles. The van der Waals surface area contributed by atoms with Gasteiger partial charge in [0.05, 0.1) is 22.1 Å². The van der Waals surface area contributed by atoms with Crippen LogP contribution in [-0.2, 0) is 0 Å². The molecule has 16 rings (SSSR count). The van der Waals surface area contributed by atoms with Crippen molar-refractivity contribution in [3.63, 3.8) is 0 Å². The second kappa shape index (κ2) is 23.8. The fraction of sp³-hybridized carbons (Fsp3) is 0. The molecule has 0 spiro atoms. The number of fused-ring (bicyclic) bond motifs is 8. The van der Waals surface area contributed by atoms with E-state index < -0.39 is 7.12 Å². The molecule has 8 heteroatoms. The number of hydrogen-bond donors (Lipinski definition) is 2. The van der Waals surface area contributed by atoms with Gasteiger partial charge in [-0.3, -0.25) is 9.97 Å². The van der Waals surface area contributed by atoms with E-state index in [4.69, 9.17) is 10.0 Å². The van der Waals surface area contributed by atoms with Crippen LogP contribution in [0.2, 0.25) is 0 Å². The number of hydrogen-bond acceptors (Lipinski definition) is 4. The molecule has 0 saturated heterocycles. The van der Waals surface area contributed by atoms with Crippen molar-refractivity contribution in [1.29, 1.82) is 0 Å². The summed E-state index contributed by atoms with van der Waals surface area (Å²) in [6.45, 7) is 0. The van der Waals surface area contributed by atoms with Crippen molar-refractivity contribution in [3.8, 4) is 67.0 Å². The van der Waals surface area contributed by atoms with E-state index in [9.17, 15) is 0 Å². The second-order valence-corrected chi connectivity index (χ2v) is 22.4. The average molecular weight is 1220 g/mol. The first kappa shape index (κ1) is 53.8. The van der Waals surface area contributed by atoms with Crippen LogP contribution in [0.3, 0.4) is 0 Å². The highest BCUT2D eigenvalue weighted by Gasteiger charge is 2.16. The highest BCUT2D eigenvalue weighted by atomic mass is 127. The molecule has 0 atom stereocenters. The fourth-order valence-corrected chi connectivity index (χ4v) is 12.9. The minimum Gasteiger partial charge on any atom is -0.423 e. The van der Waals surface area contributed by atoms with Crippen molar-refractivity contribution in [2.75, 3.05) is 0 Å². The van der Waals surface area contributed by atoms with Crippen LogP contribution >= 0.6 is 22.6 Å². The van der Waals surface area contributed by atoms with E-state index >= 15 is 0 Å². The zero-order chi connectivity index (χ0) is 57.9. The highest BCUT2D eigenvalue weighted by Crippen LogP contribution is 2.40. The van der Waals surface area contributed by atoms with E-state index in [0.29, 0.717) is 5.46 Å². The van der Waals surface area contributed by atoms with Gasteiger partial charge in [-0.15, -0.1) is 0 Å². The Morgan fingerprint density at radius 1 is 0.302 bits per heavy atom. The van der Waals surface area contributed by atoms with Crippen molar-refractivity contribution in [3.05, 3.63) is 320 Å². The van der Waals surface area contributed by atoms with E-state index in [1.165, 1.54) is 113 Å². The standard InChI is InChI=1S/C39H26N2.C28H18IN.C11H10BNO2.H2/c1-3-15-37-35(11-1)36-12-2-4-16-38(36)41(37)32-23-21-29(22-24-32)34-14-6-9-30-8-5-13-33(39(30)34)28-19-17-27(18-20-28)31-10-7-25-40-26-31;29-25-12-6-8-20-7-5-11-22(28(20)25)19-15-17-21(18-16-19)30-26-13-3-1-9-23(26)24-10-2-4-14-27(24)30;14-12(15)11-5-3-9(4-6-11)10-2-1-7-13-8-10;/h1-26H;1-18H;1-8,14-15H;1H/i;;;1+1. The Bertz CT molecular complexity index is 4960. The third-order valence-electron chi connectivity index (χ3n) is 16.2. The van der Waals surface area contributed by atoms with Gasteiger partial charge in [0.2, 0.25) is 0 Å². The van der Waals surface area contributed by atoms with Crippen LogP contribution in [0.1, 0.15) is 1.43 Å². The van der Waals surface area contributed by atoms with Gasteiger partial charge in [0.25, 0.3) is 0 Å². The van der Waals surface area contributed by atoms with Gasteiger partial charge in [-0.25, -0.2) is 0 Å². The zero-order valence-electron chi connectivity index (χ0n) is 46.7. The molecule has 0 aliphatic rings. The topological polar surface area (TPSA) is 76.1 Å². The second-order valence-electron chi connectivity index (χ2n) is 21.2. The van der Waals surface area contributed by atoms with Crippen LogP contribution in [0, 0.1) is 3.57 Å². The summed E-state index contributed by atoms with van der Waals surface area (Å²) in [4.78, 5) is 8.30. The van der Waals surface area contributed by atoms with Crippen LogP contribution in [0.5, 0.6) is 0 Å². The summed E-state index contributed by atoms with van der Waals surface area (Å²) < 4.78 is 6.01. The summed E-state index contributed by atoms with van der Waals surface area (Å²) in [7, 11) is -1.41. The number of para-hydroxylation sites is 4. The number of pyridine rings is 2. The van der Waals surface area contributed by atoms with Crippen molar-refractivity contribution < 1.29 is 11.5 Å². The van der Waals surface area contributed by atoms with Crippen LogP contribution in [-0.4, -0.2) is 36.3 Å². The molecule has 4 aromatic heterocycles. The van der Waals surface area contributed by atoms with Gasteiger partial charge >= 0.3 is 7.12 Å². The maximum Gasteiger partial charge on any atom is 0.488 e. The lowest BCUT2D eigenvalue weighted by Gasteiger charge is -2.14. The highest BCUT2D eigenvalue weighted by molar-refractivity contribution is 14.1. The number of aromatic nitrogens is 4. The summed E-state index contributed by atoms with van der Waals surface area (Å²) in [5, 5.41) is 28.1. The molecular weight excluding hydrogens is 1160 g/mol. The van der Waals surface area contributed by atoms with Crippen LogP contribution in [0.25, 0.3) is 132 Å². The Morgan fingerprint density at radius 2 is 0.640 bits per heavy atom. The molecule has 6 nitrogen and oxygen atoms in total. The van der Waals surface area contributed by atoms with Crippen LogP contribution in [0.4, 0.5) is 0 Å². The molecule has 86 heavy (non-hydrogen) atoms. The van der Waals surface area contributed by atoms with E-state index in [-0.39, 0.29) is 1.43 Å². The fourth-order valence-electron chi connectivity index (χ4n) is 12.1. The Morgan fingerprint density at radius 3 is 1.02 bits per heavy atom. The molecule has 0 fully saturated rings. The van der Waals surface area contributed by atoms with Gasteiger partial charge in [0.15, 0.2) is 0 Å². The van der Waals surface area contributed by atoms with E-state index in [2.05, 4.69) is 290 Å². The predicted molar refractivity (Wildman–Crippen MR) is 370 cm³/mol. The lowest BCUT2D eigenvalue weighted by molar-refractivity contribution is 0.426. The lowest BCUT2D eigenvalue weighted by atomic mass is 9.80. The molecule has 0 radical (unpaired) electrons. The summed E-state index contributed by atoms with van der Waals surface area (Å²) in [6, 6.07) is 103. The first-order valence-corrected chi connectivity index (χ1v) is 29.8. The maximum absolute atomic E-state index is 8.93. The number of benzene rings is 12. The predicted octanol–water partition coefficient (Wildman–Crippen LogP) is 19.2. The minimum absolute atomic E-state index is 0. The third kappa shape index (κ3) is 10.4. The quantitative estimate of drug-likeness (QED) is 0.117. The normalized spacial score (nSPS) is 11.2. The molecule has 0 aliphatic carbocycles. The molecule has 0 unspecified atom stereocenters. The molecule has 12 aromatic carbocycles. The molecule has 0 saturated carbocycles. The Balaban J connectivity index is 0.000000133. The summed E-state index contributed by atoms with van der Waals surface area (Å²) in [5.41, 5.74) is 19.5. The molecule has 2 N–H and O–H groups in total. The Kier molecular flexibility index (Phi) is 14.9.